The Hall–Kier alpha value is -8.29. The molecule has 5 aromatic rings. The Morgan fingerprint density at radius 1 is 0.648 bits per heavy atom. The van der Waals surface area contributed by atoms with Crippen molar-refractivity contribution in [1.82, 2.24) is 47.1 Å². The number of nitrogens with zero attached hydrogens (tertiary/aromatic N) is 1. The molecule has 0 saturated carbocycles. The number of hydrogen-bond donors (Lipinski definition) is 11. The van der Waals surface area contributed by atoms with E-state index in [0.29, 0.717) is 46.0 Å². The number of aliphatic hydroxyl groups excluding tert-OH is 1. The largest absolute Gasteiger partial charge is 0.508 e. The maximum Gasteiger partial charge on any atom is 0.411 e. The maximum absolute atomic E-state index is 15.2. The number of hydrogen-bond acceptors (Lipinski definition) is 15. The number of H-pyrrole nitrogens is 1. The lowest BCUT2D eigenvalue weighted by molar-refractivity contribution is -0.142. The molecule has 0 bridgehead atoms. The smallest absolute Gasteiger partial charge is 0.411 e. The van der Waals surface area contributed by atoms with Crippen molar-refractivity contribution in [2.24, 2.45) is 0 Å². The Morgan fingerprint density at radius 2 is 1.23 bits per heavy atom. The first-order chi connectivity index (χ1) is 41.7. The number of ether oxygens (including phenoxy) is 2. The zero-order chi connectivity index (χ0) is 64.1. The summed E-state index contributed by atoms with van der Waals surface area (Å²) < 4.78 is 11.2. The van der Waals surface area contributed by atoms with Gasteiger partial charge in [-0.05, 0) is 102 Å². The number of fused-ring (bicyclic) bond motifs is 1. The molecule has 8 amide bonds. The molecule has 88 heavy (non-hydrogen) atoms. The molecule has 6 rings (SSSR count). The van der Waals surface area contributed by atoms with Gasteiger partial charge in [0.1, 0.15) is 59.2 Å². The molecule has 25 heteroatoms. The number of aliphatic hydroxyl groups is 1. The standard InChI is InChI=1S/C63H81N9O14S2/c1-38(73)52-58(80)70-50(59(81)82)37-88-87-36-49(69-57(79)51(32-39-19-11-8-12-20-39)72(61(84)86-63(5,6)7)35-41-21-13-9-14-22-41)56(78)67-47(31-40-26-28-43(74)29-27-40)54(76)68-48(33-42-34-65-45-24-17-16-23-44(42)45)55(77)66-46(53(75)71-52)25-15-10-18-30-64-60(83)85-62(2,3)4/h8-9,11-14,16-17,19-24,26-29,34,38,46-52,65,73-74H,10,15,18,25,30-33,35-37H2,1-7H3,(H,64,83)(H,66,77)(H,67,78)(H,68,76)(H,69,79)(H,70,80)(H,71,75)(H,81,82)/t38-,46+,47+,48-,49+,50+,51-,52+/m1/s1. The number of carboxylic acids is 1. The molecular formula is C63H81N9O14S2. The number of carbonyl (C=O) groups excluding carboxylic acids is 8. The molecule has 8 atom stereocenters. The van der Waals surface area contributed by atoms with E-state index in [1.807, 2.05) is 18.2 Å². The Balaban J connectivity index is 1.41. The molecule has 0 unspecified atom stereocenters. The minimum absolute atomic E-state index is 0.0527. The monoisotopic (exact) mass is 1250 g/mol. The molecule has 1 fully saturated rings. The SMILES string of the molecule is C[C@@H](O)[C@@H]1NC(=O)[C@H](CCCCCNC(=O)OC(C)(C)C)NC(=O)[C@@H](Cc2c[nH]c3ccccc23)NC(=O)[C@H](Cc2ccc(O)cc2)NC(=O)[C@@H](NC(=O)[C@@H](Cc2ccccc2)N(Cc2ccccc2)C(=O)OC(C)(C)C)CSSC[C@@H](C(=O)O)NC1=O. The van der Waals surface area contributed by atoms with Gasteiger partial charge in [-0.2, -0.15) is 0 Å². The van der Waals surface area contributed by atoms with Crippen LogP contribution in [0.1, 0.15) is 96.4 Å². The zero-order valence-electron chi connectivity index (χ0n) is 50.5. The van der Waals surface area contributed by atoms with Gasteiger partial charge in [-0.25, -0.2) is 14.4 Å². The summed E-state index contributed by atoms with van der Waals surface area (Å²) in [6, 6.07) is 20.2. The van der Waals surface area contributed by atoms with E-state index in [1.54, 1.807) is 114 Å². The van der Waals surface area contributed by atoms with Crippen LogP contribution in [0.15, 0.2) is 115 Å². The molecule has 0 radical (unpaired) electrons. The number of aromatic nitrogens is 1. The number of carbonyl (C=O) groups is 9. The zero-order valence-corrected chi connectivity index (χ0v) is 52.1. The van der Waals surface area contributed by atoms with Crippen molar-refractivity contribution in [1.29, 1.82) is 0 Å². The number of phenols is 1. The highest BCUT2D eigenvalue weighted by Crippen LogP contribution is 2.26. The number of carboxylic acid groups (broad SMARTS) is 1. The second-order valence-electron chi connectivity index (χ2n) is 23.5. The number of nitrogens with one attached hydrogen (secondary N) is 8. The summed E-state index contributed by atoms with van der Waals surface area (Å²) >= 11 is 0. The Morgan fingerprint density at radius 3 is 1.86 bits per heavy atom. The summed E-state index contributed by atoms with van der Waals surface area (Å²) in [5.74, 6) is -7.65. The molecule has 1 aromatic heterocycles. The molecule has 1 saturated heterocycles. The molecule has 11 N–H and O–H groups in total. The highest BCUT2D eigenvalue weighted by molar-refractivity contribution is 8.76. The molecule has 1 aliphatic rings. The molecule has 0 spiro atoms. The third-order valence-corrected chi connectivity index (χ3v) is 16.3. The molecule has 23 nitrogen and oxygen atoms in total. The first kappa shape index (κ1) is 68.8. The van der Waals surface area contributed by atoms with Gasteiger partial charge in [0.2, 0.25) is 35.4 Å². The van der Waals surface area contributed by atoms with Gasteiger partial charge in [0.25, 0.3) is 0 Å². The lowest BCUT2D eigenvalue weighted by Gasteiger charge is -2.34. The van der Waals surface area contributed by atoms with Gasteiger partial charge in [0.05, 0.1) is 6.10 Å². The molecule has 0 aliphatic carbocycles. The predicted molar refractivity (Wildman–Crippen MR) is 334 cm³/mol. The van der Waals surface area contributed by atoms with E-state index in [-0.39, 0.29) is 62.4 Å². The number of rotatable bonds is 19. The number of alkyl carbamates (subject to hydrolysis) is 1. The van der Waals surface area contributed by atoms with Crippen LogP contribution in [0.5, 0.6) is 5.75 Å². The normalized spacial score (nSPS) is 20.1. The van der Waals surface area contributed by atoms with Crippen molar-refractivity contribution in [3.05, 3.63) is 138 Å². The average Bonchev–Trinajstić information content (AvgIpc) is 2.30. The quantitative estimate of drug-likeness (QED) is 0.0356. The summed E-state index contributed by atoms with van der Waals surface area (Å²) in [6.45, 7) is 11.6. The molecule has 4 aromatic carbocycles. The van der Waals surface area contributed by atoms with Gasteiger partial charge in [-0.15, -0.1) is 0 Å². The van der Waals surface area contributed by atoms with Crippen LogP contribution in [-0.4, -0.2) is 156 Å². The minimum atomic E-state index is -1.74. The van der Waals surface area contributed by atoms with Gasteiger partial charge >= 0.3 is 18.2 Å². The number of aromatic amines is 1. The Labute approximate surface area is 519 Å². The van der Waals surface area contributed by atoms with Crippen LogP contribution in [0.25, 0.3) is 10.9 Å². The summed E-state index contributed by atoms with van der Waals surface area (Å²) in [5, 5.41) is 51.2. The van der Waals surface area contributed by atoms with Gasteiger partial charge in [-0.1, -0.05) is 125 Å². The average molecular weight is 1250 g/mol. The second kappa shape index (κ2) is 32.6. The van der Waals surface area contributed by atoms with E-state index in [2.05, 4.69) is 42.2 Å². The number of aromatic hydroxyl groups is 1. The van der Waals surface area contributed by atoms with Crippen molar-refractivity contribution in [3.63, 3.8) is 0 Å². The second-order valence-corrected chi connectivity index (χ2v) is 26.0. The van der Waals surface area contributed by atoms with Crippen LogP contribution < -0.4 is 37.2 Å². The van der Waals surface area contributed by atoms with Gasteiger partial charge in [0.15, 0.2) is 0 Å². The third-order valence-electron chi connectivity index (χ3n) is 13.8. The van der Waals surface area contributed by atoms with Crippen LogP contribution >= 0.6 is 21.6 Å². The number of aliphatic carboxylic acids is 1. The first-order valence-corrected chi connectivity index (χ1v) is 31.6. The molecule has 1 aliphatic heterocycles. The van der Waals surface area contributed by atoms with Crippen LogP contribution in [0.2, 0.25) is 0 Å². The van der Waals surface area contributed by atoms with E-state index in [9.17, 15) is 39.3 Å². The third kappa shape index (κ3) is 22.1. The summed E-state index contributed by atoms with van der Waals surface area (Å²) in [6.07, 6.45) is -0.767. The molecule has 2 heterocycles. The number of amides is 8. The predicted octanol–water partition coefficient (Wildman–Crippen LogP) is 5.56. The van der Waals surface area contributed by atoms with Crippen molar-refractivity contribution in [2.75, 3.05) is 18.1 Å². The number of para-hydroxylation sites is 1. The Bertz CT molecular complexity index is 3170. The van der Waals surface area contributed by atoms with Gasteiger partial charge in [0, 0.05) is 61.0 Å². The molecule has 474 valence electrons. The fourth-order valence-electron chi connectivity index (χ4n) is 9.41. The van der Waals surface area contributed by atoms with Crippen LogP contribution in [0, 0.1) is 0 Å². The Kier molecular flexibility index (Phi) is 25.5. The number of benzene rings is 4. The van der Waals surface area contributed by atoms with Gasteiger partial charge < -0.3 is 67.0 Å². The van der Waals surface area contributed by atoms with Crippen molar-refractivity contribution >= 4 is 86.1 Å². The summed E-state index contributed by atoms with van der Waals surface area (Å²) in [7, 11) is 1.86. The fourth-order valence-corrected chi connectivity index (χ4v) is 11.7. The van der Waals surface area contributed by atoms with Crippen molar-refractivity contribution in [3.8, 4) is 5.75 Å². The van der Waals surface area contributed by atoms with Gasteiger partial charge in [-0.3, -0.25) is 33.7 Å². The highest BCUT2D eigenvalue weighted by atomic mass is 33.1. The van der Waals surface area contributed by atoms with E-state index in [0.717, 1.165) is 21.6 Å². The topological polar surface area (TPSA) is 336 Å². The maximum atomic E-state index is 15.2. The van der Waals surface area contributed by atoms with Crippen molar-refractivity contribution < 1.29 is 67.9 Å². The lowest BCUT2D eigenvalue weighted by atomic mass is 10.0. The fraction of sp³-hybridized carbons (Fsp3) is 0.444. The summed E-state index contributed by atoms with van der Waals surface area (Å²) in [5.41, 5.74) is 1.33. The van der Waals surface area contributed by atoms with E-state index in [1.165, 1.54) is 36.1 Å². The van der Waals surface area contributed by atoms with E-state index < -0.39 is 113 Å². The lowest BCUT2D eigenvalue weighted by Crippen LogP contribution is -2.62. The van der Waals surface area contributed by atoms with Crippen LogP contribution in [0.4, 0.5) is 9.59 Å². The molecular weight excluding hydrogens is 1170 g/mol. The number of unbranched alkanes of at least 4 members (excludes halogenated alkanes) is 2. The minimum Gasteiger partial charge on any atom is -0.508 e. The first-order valence-electron chi connectivity index (χ1n) is 29.1. The van der Waals surface area contributed by atoms with Crippen LogP contribution in [-0.2, 0) is 68.8 Å². The van der Waals surface area contributed by atoms with Crippen LogP contribution in [0.3, 0.4) is 0 Å². The van der Waals surface area contributed by atoms with Crippen molar-refractivity contribution in [2.45, 2.75) is 160 Å². The van der Waals surface area contributed by atoms with E-state index >= 15 is 19.2 Å². The van der Waals surface area contributed by atoms with E-state index in [4.69, 9.17) is 9.47 Å². The number of phenolic OH excluding ortho intramolecular Hbond substituents is 1. The highest BCUT2D eigenvalue weighted by Gasteiger charge is 2.39. The summed E-state index contributed by atoms with van der Waals surface area (Å²) in [4.78, 5) is 133.